The Balaban J connectivity index is 0.00000192. The number of fused-ring (bicyclic) bond motifs is 6. The molecule has 3 heterocycles. The van der Waals surface area contributed by atoms with Crippen molar-refractivity contribution >= 4 is 11.8 Å². The van der Waals surface area contributed by atoms with Crippen LogP contribution < -0.4 is 9.47 Å². The molecule has 0 bridgehead atoms. The average Bonchev–Trinajstić information content (AvgIpc) is 3.07. The normalized spacial score (nSPS) is 30.2. The molecule has 3 atom stereocenters. The summed E-state index contributed by atoms with van der Waals surface area (Å²) in [6.07, 6.45) is 0. The molecule has 0 aromatic heterocycles. The van der Waals surface area contributed by atoms with E-state index in [0.717, 1.165) is 20.9 Å². The quantitative estimate of drug-likeness (QED) is 0.668. The maximum atomic E-state index is 6.52. The minimum Gasteiger partial charge on any atom is -0.428 e. The van der Waals surface area contributed by atoms with E-state index >= 15 is 0 Å². The highest BCUT2D eigenvalue weighted by atomic mass is 32.2. The maximum Gasteiger partial charge on any atom is 0.360 e. The summed E-state index contributed by atoms with van der Waals surface area (Å²) >= 11 is 1.66. The van der Waals surface area contributed by atoms with Crippen LogP contribution in [0, 0.1) is 11.8 Å². The molecule has 3 aliphatic rings. The molecule has 3 aliphatic heterocycles. The molecule has 5 rings (SSSR count). The Hall–Kier alpha value is -1.73. The van der Waals surface area contributed by atoms with Gasteiger partial charge in [-0.2, -0.15) is 0 Å². The second-order valence-electron chi connectivity index (χ2n) is 7.32. The zero-order valence-corrected chi connectivity index (χ0v) is 16.4. The molecule has 2 aromatic carbocycles. The maximum absolute atomic E-state index is 6.52. The fraction of sp³-hybridized carbons (Fsp3) is 0.455. The highest BCUT2D eigenvalue weighted by molar-refractivity contribution is 7.99. The Morgan fingerprint density at radius 1 is 0.964 bits per heavy atom. The Morgan fingerprint density at radius 2 is 1.68 bits per heavy atom. The van der Waals surface area contributed by atoms with Crippen molar-refractivity contribution in [2.24, 2.45) is 11.8 Å². The molecule has 6 heteroatoms. The van der Waals surface area contributed by atoms with Gasteiger partial charge in [0.2, 0.25) is 5.79 Å². The predicted molar refractivity (Wildman–Crippen MR) is 107 cm³/mol. The van der Waals surface area contributed by atoms with Gasteiger partial charge in [0, 0.05) is 23.1 Å². The van der Waals surface area contributed by atoms with Crippen LogP contribution in [-0.4, -0.2) is 26.8 Å². The van der Waals surface area contributed by atoms with Crippen molar-refractivity contribution in [3.05, 3.63) is 47.5 Å². The van der Waals surface area contributed by atoms with Crippen molar-refractivity contribution in [1.82, 2.24) is 0 Å². The molecule has 1 spiro atoms. The summed E-state index contributed by atoms with van der Waals surface area (Å²) in [6, 6.07) is 12.2. The third-order valence-electron chi connectivity index (χ3n) is 5.58. The molecule has 0 amide bonds. The molecular weight excluding hydrogens is 376 g/mol. The van der Waals surface area contributed by atoms with Crippen molar-refractivity contribution in [3.63, 3.8) is 0 Å². The smallest absolute Gasteiger partial charge is 0.360 e. The van der Waals surface area contributed by atoms with Crippen molar-refractivity contribution in [2.75, 3.05) is 20.3 Å². The van der Waals surface area contributed by atoms with Gasteiger partial charge in [0.1, 0.15) is 0 Å². The number of hydrogen-bond donors (Lipinski definition) is 0. The first-order valence-corrected chi connectivity index (χ1v) is 10.0. The number of benzene rings is 2. The molecule has 1 saturated heterocycles. The van der Waals surface area contributed by atoms with E-state index in [0.29, 0.717) is 36.5 Å². The molecule has 5 nitrogen and oxygen atoms in total. The van der Waals surface area contributed by atoms with Gasteiger partial charge in [-0.3, -0.25) is 0 Å². The lowest BCUT2D eigenvalue weighted by molar-refractivity contribution is -0.211. The summed E-state index contributed by atoms with van der Waals surface area (Å²) in [5, 5.41) is 0. The molecule has 28 heavy (non-hydrogen) atoms. The van der Waals surface area contributed by atoms with Gasteiger partial charge in [0.05, 0.1) is 18.1 Å². The van der Waals surface area contributed by atoms with Crippen LogP contribution in [0.3, 0.4) is 0 Å². The molecule has 3 unspecified atom stereocenters. The second kappa shape index (κ2) is 7.26. The number of ether oxygens (including phenoxy) is 5. The largest absolute Gasteiger partial charge is 0.428 e. The van der Waals surface area contributed by atoms with Gasteiger partial charge >= 0.3 is 6.48 Å². The van der Waals surface area contributed by atoms with Gasteiger partial charge in [0.25, 0.3) is 0 Å². The summed E-state index contributed by atoms with van der Waals surface area (Å²) in [5.74, 6) is 1.27. The number of hydrogen-bond acceptors (Lipinski definition) is 6. The third kappa shape index (κ3) is 2.82. The number of methoxy groups -OCH3 is 1. The van der Waals surface area contributed by atoms with Crippen molar-refractivity contribution in [2.45, 2.75) is 43.3 Å². The fourth-order valence-electron chi connectivity index (χ4n) is 3.69. The zero-order chi connectivity index (χ0) is 18.6. The minimum absolute atomic E-state index is 0. The van der Waals surface area contributed by atoms with Crippen molar-refractivity contribution in [1.29, 1.82) is 0 Å². The minimum atomic E-state index is -0.931. The van der Waals surface area contributed by atoms with Crippen LogP contribution in [0.4, 0.5) is 0 Å². The van der Waals surface area contributed by atoms with Crippen LogP contribution >= 0.6 is 11.8 Å². The van der Waals surface area contributed by atoms with Crippen molar-refractivity contribution < 1.29 is 23.7 Å². The van der Waals surface area contributed by atoms with Gasteiger partial charge < -0.3 is 23.7 Å². The van der Waals surface area contributed by atoms with Crippen LogP contribution in [0.15, 0.2) is 46.2 Å². The third-order valence-corrected chi connectivity index (χ3v) is 6.77. The van der Waals surface area contributed by atoms with E-state index in [1.165, 1.54) is 0 Å². The SMILES string of the molecule is C.COC1Oc2ccc3c(c2O1)Sc1ccccc1C31OCC(C)C(C)CO1. The first kappa shape index (κ1) is 19.6. The van der Waals surface area contributed by atoms with Crippen LogP contribution in [0.1, 0.15) is 32.4 Å². The predicted octanol–water partition coefficient (Wildman–Crippen LogP) is 5.01. The van der Waals surface area contributed by atoms with Crippen LogP contribution in [0.5, 0.6) is 11.5 Å². The molecule has 150 valence electrons. The van der Waals surface area contributed by atoms with Gasteiger partial charge in [-0.25, -0.2) is 0 Å². The lowest BCUT2D eigenvalue weighted by Crippen LogP contribution is -2.37. The van der Waals surface area contributed by atoms with Gasteiger partial charge in [-0.1, -0.05) is 51.2 Å². The van der Waals surface area contributed by atoms with E-state index in [1.54, 1.807) is 18.9 Å². The summed E-state index contributed by atoms with van der Waals surface area (Å²) in [4.78, 5) is 2.07. The average molecular weight is 403 g/mol. The topological polar surface area (TPSA) is 46.2 Å². The van der Waals surface area contributed by atoms with E-state index in [4.69, 9.17) is 23.7 Å². The molecular formula is C22H26O5S. The highest BCUT2D eigenvalue weighted by Crippen LogP contribution is 2.57. The number of rotatable bonds is 1. The Bertz CT molecular complexity index is 871. The standard InChI is InChI=1S/C21H22O5S.CH4/c1-12-10-23-21(24-11-13(12)2)14-6-4-5-7-17(14)27-19-15(21)8-9-16-18(19)26-20(22-3)25-16;/h4-9,12-13,20H,10-11H2,1-3H3;1H4. The lowest BCUT2D eigenvalue weighted by atomic mass is 9.95. The monoisotopic (exact) mass is 402 g/mol. The summed E-state index contributed by atoms with van der Waals surface area (Å²) in [7, 11) is 1.56. The van der Waals surface area contributed by atoms with Gasteiger partial charge in [0.15, 0.2) is 11.5 Å². The lowest BCUT2D eigenvalue weighted by Gasteiger charge is -2.39. The van der Waals surface area contributed by atoms with Crippen LogP contribution in [-0.2, 0) is 20.0 Å². The Morgan fingerprint density at radius 3 is 2.39 bits per heavy atom. The molecule has 0 saturated carbocycles. The van der Waals surface area contributed by atoms with E-state index in [-0.39, 0.29) is 7.43 Å². The highest BCUT2D eigenvalue weighted by Gasteiger charge is 2.48. The summed E-state index contributed by atoms with van der Waals surface area (Å²) in [6.45, 7) is 4.96. The Kier molecular flexibility index (Phi) is 5.08. The first-order chi connectivity index (χ1) is 13.1. The van der Waals surface area contributed by atoms with Crippen LogP contribution in [0.2, 0.25) is 0 Å². The molecule has 0 aliphatic carbocycles. The van der Waals surface area contributed by atoms with E-state index in [1.807, 2.05) is 24.3 Å². The van der Waals surface area contributed by atoms with E-state index in [9.17, 15) is 0 Å². The fourth-order valence-corrected chi connectivity index (χ4v) is 4.92. The molecule has 1 fully saturated rings. The Labute approximate surface area is 170 Å². The molecule has 0 radical (unpaired) electrons. The van der Waals surface area contributed by atoms with E-state index < -0.39 is 12.3 Å². The molecule has 0 N–H and O–H groups in total. The summed E-state index contributed by atoms with van der Waals surface area (Å²) in [5.41, 5.74) is 2.01. The van der Waals surface area contributed by atoms with Crippen molar-refractivity contribution in [3.8, 4) is 11.5 Å². The van der Waals surface area contributed by atoms with Gasteiger partial charge in [-0.05, 0) is 30.0 Å². The van der Waals surface area contributed by atoms with E-state index in [2.05, 4.69) is 26.0 Å². The molecule has 2 aromatic rings. The summed E-state index contributed by atoms with van der Waals surface area (Å²) < 4.78 is 29.9. The second-order valence-corrected chi connectivity index (χ2v) is 8.37. The van der Waals surface area contributed by atoms with Gasteiger partial charge in [-0.15, -0.1) is 0 Å². The zero-order valence-electron chi connectivity index (χ0n) is 15.6. The van der Waals surface area contributed by atoms with Crippen LogP contribution in [0.25, 0.3) is 0 Å². The first-order valence-electron chi connectivity index (χ1n) is 9.21.